The minimum absolute atomic E-state index is 0. The Morgan fingerprint density at radius 1 is 0.692 bits per heavy atom. The Morgan fingerprint density at radius 3 is 1.46 bits per heavy atom. The predicted octanol–water partition coefficient (Wildman–Crippen LogP) is 1.76. The fraction of sp³-hybridized carbons (Fsp3) is 0. The minimum atomic E-state index is 0. The molecule has 2 aromatic rings. The van der Waals surface area contributed by atoms with Gasteiger partial charge in [0.15, 0.2) is 0 Å². The van der Waals surface area contributed by atoms with Crippen LogP contribution in [-0.2, 0) is 0 Å². The summed E-state index contributed by atoms with van der Waals surface area (Å²) in [5, 5.41) is 0. The second kappa shape index (κ2) is 4.97. The maximum Gasteiger partial charge on any atom is 0.0886 e. The topological polar surface area (TPSA) is 25.8 Å². The van der Waals surface area contributed by atoms with Gasteiger partial charge in [-0.05, 0) is 24.3 Å². The Bertz CT molecular complexity index is 310. The van der Waals surface area contributed by atoms with Crippen LogP contribution in [0.2, 0.25) is 0 Å². The van der Waals surface area contributed by atoms with Crippen LogP contribution >= 0.6 is 0 Å². The Kier molecular flexibility index (Phi) is 3.89. The summed E-state index contributed by atoms with van der Waals surface area (Å²) < 4.78 is 0. The predicted molar refractivity (Wildman–Crippen MR) is 53.2 cm³/mol. The molecular weight excluding hydrogens is 267 g/mol. The fourth-order valence-electron chi connectivity index (χ4n) is 1.03. The molecule has 0 unspecified atom stereocenters. The zero-order valence-corrected chi connectivity index (χ0v) is 9.87. The molecule has 3 heteroatoms. The monoisotopic (exact) mass is 276 g/mol. The molecule has 4 radical (unpaired) electrons. The molecule has 0 aromatic carbocycles. The first-order valence-corrected chi connectivity index (χ1v) is 3.79. The van der Waals surface area contributed by atoms with E-state index in [-0.39, 0.29) is 23.9 Å². The third-order valence-electron chi connectivity index (χ3n) is 1.59. The molecule has 2 nitrogen and oxygen atoms in total. The molecule has 0 saturated carbocycles. The smallest absolute Gasteiger partial charge is 0.0886 e. The van der Waals surface area contributed by atoms with Crippen LogP contribution in [0.1, 0.15) is 0 Å². The van der Waals surface area contributed by atoms with Crippen molar-refractivity contribution < 1.29 is 0 Å². The zero-order chi connectivity index (χ0) is 8.23. The van der Waals surface area contributed by atoms with Gasteiger partial charge in [-0.2, -0.15) is 0 Å². The van der Waals surface area contributed by atoms with Crippen LogP contribution in [0, 0.1) is 0 Å². The van der Waals surface area contributed by atoms with E-state index >= 15 is 0 Å². The largest absolute Gasteiger partial charge is 0.255 e. The van der Waals surface area contributed by atoms with Gasteiger partial charge in [0.1, 0.15) is 0 Å². The van der Waals surface area contributed by atoms with Crippen molar-refractivity contribution in [1.29, 1.82) is 0 Å². The number of pyridine rings is 2. The van der Waals surface area contributed by atoms with E-state index in [1.807, 2.05) is 36.4 Å². The summed E-state index contributed by atoms with van der Waals surface area (Å²) in [5.74, 6) is 0. The van der Waals surface area contributed by atoms with Crippen molar-refractivity contribution in [2.45, 2.75) is 0 Å². The first-order chi connectivity index (χ1) is 5.97. The molecule has 13 heavy (non-hydrogen) atoms. The molecule has 0 aliphatic carbocycles. The summed E-state index contributed by atoms with van der Waals surface area (Å²) in [6.07, 6.45) is 3.54. The van der Waals surface area contributed by atoms with Gasteiger partial charge in [0.05, 0.1) is 11.4 Å². The Hall–Kier alpha value is -0.901. The third kappa shape index (κ3) is 2.52. The first-order valence-electron chi connectivity index (χ1n) is 3.79. The molecular formula is C10H8N2Sn. The van der Waals surface area contributed by atoms with Crippen molar-refractivity contribution in [3.05, 3.63) is 48.8 Å². The number of rotatable bonds is 1. The van der Waals surface area contributed by atoms with Crippen molar-refractivity contribution in [2.24, 2.45) is 0 Å². The van der Waals surface area contributed by atoms with E-state index in [1.165, 1.54) is 0 Å². The molecule has 0 amide bonds. The van der Waals surface area contributed by atoms with Gasteiger partial charge in [-0.25, -0.2) is 0 Å². The first kappa shape index (κ1) is 10.2. The molecule has 2 aromatic heterocycles. The molecule has 0 fully saturated rings. The molecule has 0 bridgehead atoms. The van der Waals surface area contributed by atoms with Crippen molar-refractivity contribution in [3.63, 3.8) is 0 Å². The number of aromatic nitrogens is 2. The summed E-state index contributed by atoms with van der Waals surface area (Å²) in [4.78, 5) is 8.37. The van der Waals surface area contributed by atoms with E-state index in [4.69, 9.17) is 0 Å². The van der Waals surface area contributed by atoms with Crippen LogP contribution < -0.4 is 0 Å². The summed E-state index contributed by atoms with van der Waals surface area (Å²) in [6.45, 7) is 0. The number of hydrogen-bond donors (Lipinski definition) is 0. The summed E-state index contributed by atoms with van der Waals surface area (Å²) >= 11 is 0. The van der Waals surface area contributed by atoms with Gasteiger partial charge in [-0.1, -0.05) is 12.1 Å². The Morgan fingerprint density at radius 2 is 1.15 bits per heavy atom. The second-order valence-corrected chi connectivity index (χ2v) is 2.43. The van der Waals surface area contributed by atoms with Crippen LogP contribution in [-0.4, -0.2) is 33.9 Å². The number of hydrogen-bond acceptors (Lipinski definition) is 2. The standard InChI is InChI=1S/C10H8N2.Sn/c1-3-7-11-9(5-1)10-6-2-4-8-12-10;/h1-8H;. The van der Waals surface area contributed by atoms with Gasteiger partial charge in [-0.15, -0.1) is 0 Å². The van der Waals surface area contributed by atoms with Gasteiger partial charge < -0.3 is 0 Å². The Labute approximate surface area is 94.0 Å². The summed E-state index contributed by atoms with van der Waals surface area (Å²) in [5.41, 5.74) is 1.83. The van der Waals surface area contributed by atoms with Gasteiger partial charge in [0.25, 0.3) is 0 Å². The molecule has 0 spiro atoms. The zero-order valence-electron chi connectivity index (χ0n) is 7.01. The van der Waals surface area contributed by atoms with Crippen molar-refractivity contribution in [3.8, 4) is 11.4 Å². The number of nitrogens with zero attached hydrogens (tertiary/aromatic N) is 2. The van der Waals surface area contributed by atoms with Gasteiger partial charge in [-0.3, -0.25) is 9.97 Å². The average Bonchev–Trinajstić information content (AvgIpc) is 2.21. The summed E-state index contributed by atoms with van der Waals surface area (Å²) in [7, 11) is 0. The summed E-state index contributed by atoms with van der Waals surface area (Å²) in [6, 6.07) is 11.6. The van der Waals surface area contributed by atoms with E-state index in [2.05, 4.69) is 9.97 Å². The quantitative estimate of drug-likeness (QED) is 0.741. The minimum Gasteiger partial charge on any atom is -0.255 e. The van der Waals surface area contributed by atoms with Crippen LogP contribution in [0.4, 0.5) is 0 Å². The van der Waals surface area contributed by atoms with Crippen molar-refractivity contribution in [2.75, 3.05) is 0 Å². The molecule has 0 atom stereocenters. The maximum absolute atomic E-state index is 4.19. The van der Waals surface area contributed by atoms with Gasteiger partial charge in [0, 0.05) is 36.3 Å². The average molecular weight is 275 g/mol. The Balaban J connectivity index is 0.000000845. The van der Waals surface area contributed by atoms with Crippen molar-refractivity contribution in [1.82, 2.24) is 9.97 Å². The van der Waals surface area contributed by atoms with E-state index in [9.17, 15) is 0 Å². The van der Waals surface area contributed by atoms with Crippen LogP contribution in [0.3, 0.4) is 0 Å². The molecule has 2 heterocycles. The van der Waals surface area contributed by atoms with Crippen LogP contribution in [0.5, 0.6) is 0 Å². The SMILES string of the molecule is [Sn].c1ccc(-c2ccccn2)nc1. The van der Waals surface area contributed by atoms with Crippen LogP contribution in [0.25, 0.3) is 11.4 Å². The van der Waals surface area contributed by atoms with Gasteiger partial charge in [0.2, 0.25) is 0 Å². The fourth-order valence-corrected chi connectivity index (χ4v) is 1.03. The molecule has 0 aliphatic rings. The third-order valence-corrected chi connectivity index (χ3v) is 1.59. The van der Waals surface area contributed by atoms with Gasteiger partial charge >= 0.3 is 0 Å². The molecule has 62 valence electrons. The molecule has 0 N–H and O–H groups in total. The second-order valence-electron chi connectivity index (χ2n) is 2.43. The van der Waals surface area contributed by atoms with Crippen LogP contribution in [0.15, 0.2) is 48.8 Å². The van der Waals surface area contributed by atoms with E-state index < -0.39 is 0 Å². The van der Waals surface area contributed by atoms with E-state index in [1.54, 1.807) is 12.4 Å². The molecule has 2 rings (SSSR count). The molecule has 0 aliphatic heterocycles. The van der Waals surface area contributed by atoms with E-state index in [0.29, 0.717) is 0 Å². The van der Waals surface area contributed by atoms with E-state index in [0.717, 1.165) is 11.4 Å². The normalized spacial score (nSPS) is 8.92. The molecule has 0 saturated heterocycles. The maximum atomic E-state index is 4.19. The van der Waals surface area contributed by atoms with Crippen molar-refractivity contribution >= 4 is 23.9 Å².